The molecule has 2 N–H and O–H groups in total. The van der Waals surface area contributed by atoms with Gasteiger partial charge in [0.05, 0.1) is 12.5 Å². The van der Waals surface area contributed by atoms with Gasteiger partial charge in [-0.15, -0.1) is 0 Å². The Bertz CT molecular complexity index is 631. The first-order valence-electron chi connectivity index (χ1n) is 7.23. The molecular formula is C15H18N4O3. The van der Waals surface area contributed by atoms with E-state index in [4.69, 9.17) is 0 Å². The highest BCUT2D eigenvalue weighted by Gasteiger charge is 2.30. The lowest BCUT2D eigenvalue weighted by Gasteiger charge is -2.27. The van der Waals surface area contributed by atoms with E-state index in [2.05, 4.69) is 10.6 Å². The molecule has 2 aliphatic rings. The molecule has 7 nitrogen and oxygen atoms in total. The second-order valence-electron chi connectivity index (χ2n) is 5.59. The minimum atomic E-state index is -0.354. The van der Waals surface area contributed by atoms with Gasteiger partial charge in [-0.2, -0.15) is 0 Å². The van der Waals surface area contributed by atoms with Crippen molar-refractivity contribution in [2.75, 3.05) is 32.0 Å². The summed E-state index contributed by atoms with van der Waals surface area (Å²) in [6.07, 6.45) is 0.205. The summed E-state index contributed by atoms with van der Waals surface area (Å²) in [5.41, 5.74) is 1.61. The average Bonchev–Trinajstić information content (AvgIpc) is 2.79. The summed E-state index contributed by atoms with van der Waals surface area (Å²) in [4.78, 5) is 38.8. The SMILES string of the molecule is CN1CCN(CC(=O)NC2CC(=O)Nc3ccccc32)C1=O. The number of carbonyl (C=O) groups excluding carboxylic acids is 3. The predicted octanol–water partition coefficient (Wildman–Crippen LogP) is 0.554. The van der Waals surface area contributed by atoms with E-state index in [-0.39, 0.29) is 36.9 Å². The summed E-state index contributed by atoms with van der Waals surface area (Å²) in [5, 5.41) is 5.64. The van der Waals surface area contributed by atoms with Crippen LogP contribution in [0.4, 0.5) is 10.5 Å². The zero-order chi connectivity index (χ0) is 15.7. The van der Waals surface area contributed by atoms with Crippen LogP contribution in [0.25, 0.3) is 0 Å². The van der Waals surface area contributed by atoms with Gasteiger partial charge in [0.1, 0.15) is 6.54 Å². The van der Waals surface area contributed by atoms with Crippen molar-refractivity contribution < 1.29 is 14.4 Å². The third kappa shape index (κ3) is 2.74. The van der Waals surface area contributed by atoms with Crippen molar-refractivity contribution in [3.63, 3.8) is 0 Å². The maximum Gasteiger partial charge on any atom is 0.320 e. The Morgan fingerprint density at radius 2 is 2.09 bits per heavy atom. The minimum Gasteiger partial charge on any atom is -0.347 e. The van der Waals surface area contributed by atoms with Gasteiger partial charge in [0, 0.05) is 25.8 Å². The summed E-state index contributed by atoms with van der Waals surface area (Å²) < 4.78 is 0. The highest BCUT2D eigenvalue weighted by atomic mass is 16.2. The highest BCUT2D eigenvalue weighted by molar-refractivity contribution is 5.95. The Kier molecular flexibility index (Phi) is 3.70. The van der Waals surface area contributed by atoms with E-state index < -0.39 is 0 Å². The van der Waals surface area contributed by atoms with Gasteiger partial charge in [-0.3, -0.25) is 9.59 Å². The number of benzene rings is 1. The summed E-state index contributed by atoms with van der Waals surface area (Å²) in [6.45, 7) is 1.19. The molecule has 0 aromatic heterocycles. The topological polar surface area (TPSA) is 81.8 Å². The fourth-order valence-corrected chi connectivity index (χ4v) is 2.80. The number of urea groups is 1. The van der Waals surface area contributed by atoms with Gasteiger partial charge < -0.3 is 20.4 Å². The number of rotatable bonds is 3. The molecule has 1 aromatic carbocycles. The fourth-order valence-electron chi connectivity index (χ4n) is 2.80. The molecule has 4 amide bonds. The van der Waals surface area contributed by atoms with Crippen molar-refractivity contribution in [1.82, 2.24) is 15.1 Å². The molecule has 1 saturated heterocycles. The summed E-state index contributed by atoms with van der Waals surface area (Å²) in [7, 11) is 1.71. The molecule has 0 radical (unpaired) electrons. The largest absolute Gasteiger partial charge is 0.347 e. The Hall–Kier alpha value is -2.57. The molecule has 22 heavy (non-hydrogen) atoms. The Morgan fingerprint density at radius 3 is 2.82 bits per heavy atom. The predicted molar refractivity (Wildman–Crippen MR) is 80.2 cm³/mol. The number of para-hydroxylation sites is 1. The van der Waals surface area contributed by atoms with Crippen LogP contribution in [-0.4, -0.2) is 54.3 Å². The molecule has 0 aliphatic carbocycles. The normalized spacial score (nSPS) is 20.7. The van der Waals surface area contributed by atoms with E-state index in [0.29, 0.717) is 13.1 Å². The van der Waals surface area contributed by atoms with E-state index in [1.165, 1.54) is 4.90 Å². The van der Waals surface area contributed by atoms with Crippen LogP contribution in [0.2, 0.25) is 0 Å². The second kappa shape index (κ2) is 5.67. The van der Waals surface area contributed by atoms with Crippen LogP contribution in [0, 0.1) is 0 Å². The average molecular weight is 302 g/mol. The van der Waals surface area contributed by atoms with Crippen LogP contribution >= 0.6 is 0 Å². The first-order chi connectivity index (χ1) is 10.5. The molecule has 1 aromatic rings. The molecule has 1 fully saturated rings. The highest BCUT2D eigenvalue weighted by Crippen LogP contribution is 2.29. The van der Waals surface area contributed by atoms with Crippen molar-refractivity contribution in [2.45, 2.75) is 12.5 Å². The molecule has 2 heterocycles. The third-order valence-electron chi connectivity index (χ3n) is 3.97. The van der Waals surface area contributed by atoms with E-state index in [1.807, 2.05) is 24.3 Å². The molecule has 3 rings (SSSR count). The van der Waals surface area contributed by atoms with Gasteiger partial charge in [-0.25, -0.2) is 4.79 Å². The van der Waals surface area contributed by atoms with Gasteiger partial charge >= 0.3 is 6.03 Å². The Morgan fingerprint density at radius 1 is 1.32 bits per heavy atom. The summed E-state index contributed by atoms with van der Waals surface area (Å²) in [6, 6.07) is 6.90. The molecule has 7 heteroatoms. The monoisotopic (exact) mass is 302 g/mol. The quantitative estimate of drug-likeness (QED) is 0.855. The molecule has 2 aliphatic heterocycles. The van der Waals surface area contributed by atoms with E-state index in [0.717, 1.165) is 11.3 Å². The number of nitrogens with one attached hydrogen (secondary N) is 2. The van der Waals surface area contributed by atoms with Crippen molar-refractivity contribution in [2.24, 2.45) is 0 Å². The number of hydrogen-bond donors (Lipinski definition) is 2. The van der Waals surface area contributed by atoms with Gasteiger partial charge in [0.25, 0.3) is 0 Å². The molecule has 0 saturated carbocycles. The van der Waals surface area contributed by atoms with Gasteiger partial charge in [0.15, 0.2) is 0 Å². The zero-order valence-electron chi connectivity index (χ0n) is 12.3. The number of nitrogens with zero attached hydrogens (tertiary/aromatic N) is 2. The number of fused-ring (bicyclic) bond motifs is 1. The lowest BCUT2D eigenvalue weighted by atomic mass is 9.97. The van der Waals surface area contributed by atoms with Gasteiger partial charge in [-0.1, -0.05) is 18.2 Å². The number of carbonyl (C=O) groups is 3. The maximum atomic E-state index is 12.2. The number of anilines is 1. The van der Waals surface area contributed by atoms with Crippen LogP contribution in [0.3, 0.4) is 0 Å². The van der Waals surface area contributed by atoms with Crippen LogP contribution in [0.5, 0.6) is 0 Å². The molecule has 0 bridgehead atoms. The number of likely N-dealkylation sites (N-methyl/N-ethyl adjacent to an activating group) is 1. The van der Waals surface area contributed by atoms with Crippen LogP contribution in [0.1, 0.15) is 18.0 Å². The van der Waals surface area contributed by atoms with Gasteiger partial charge in [-0.05, 0) is 11.6 Å². The van der Waals surface area contributed by atoms with Crippen LogP contribution in [-0.2, 0) is 9.59 Å². The van der Waals surface area contributed by atoms with Crippen molar-refractivity contribution in [3.8, 4) is 0 Å². The molecule has 1 atom stereocenters. The first kappa shape index (κ1) is 14.4. The van der Waals surface area contributed by atoms with Crippen LogP contribution in [0.15, 0.2) is 24.3 Å². The molecule has 116 valence electrons. The fraction of sp³-hybridized carbons (Fsp3) is 0.400. The zero-order valence-corrected chi connectivity index (χ0v) is 12.3. The second-order valence-corrected chi connectivity index (χ2v) is 5.59. The Balaban J connectivity index is 1.67. The first-order valence-corrected chi connectivity index (χ1v) is 7.23. The van der Waals surface area contributed by atoms with E-state index >= 15 is 0 Å². The Labute approximate surface area is 128 Å². The van der Waals surface area contributed by atoms with E-state index in [9.17, 15) is 14.4 Å². The smallest absolute Gasteiger partial charge is 0.320 e. The lowest BCUT2D eigenvalue weighted by molar-refractivity contribution is -0.123. The summed E-state index contributed by atoms with van der Waals surface area (Å²) >= 11 is 0. The van der Waals surface area contributed by atoms with E-state index in [1.54, 1.807) is 11.9 Å². The van der Waals surface area contributed by atoms with Gasteiger partial charge in [0.2, 0.25) is 11.8 Å². The van der Waals surface area contributed by atoms with Crippen molar-refractivity contribution in [1.29, 1.82) is 0 Å². The van der Waals surface area contributed by atoms with Crippen molar-refractivity contribution in [3.05, 3.63) is 29.8 Å². The molecule has 0 spiro atoms. The molecular weight excluding hydrogens is 284 g/mol. The number of hydrogen-bond acceptors (Lipinski definition) is 3. The molecule has 1 unspecified atom stereocenters. The minimum absolute atomic E-state index is 0.0173. The van der Waals surface area contributed by atoms with Crippen LogP contribution < -0.4 is 10.6 Å². The summed E-state index contributed by atoms with van der Waals surface area (Å²) in [5.74, 6) is -0.376. The van der Waals surface area contributed by atoms with Crippen molar-refractivity contribution >= 4 is 23.5 Å². The maximum absolute atomic E-state index is 12.2. The lowest BCUT2D eigenvalue weighted by Crippen LogP contribution is -2.42. The third-order valence-corrected chi connectivity index (χ3v) is 3.97. The number of amides is 4. The standard InChI is InChI=1S/C15H18N4O3/c1-18-6-7-19(15(18)22)9-14(21)17-12-8-13(20)16-11-5-3-2-4-10(11)12/h2-5,12H,6-9H2,1H3,(H,16,20)(H,17,21).